The third-order valence-electron chi connectivity index (χ3n) is 1.59. The van der Waals surface area contributed by atoms with E-state index in [1.165, 1.54) is 19.5 Å². The number of nitrogens with zero attached hydrogens (tertiary/aromatic N) is 2. The van der Waals surface area contributed by atoms with Crippen molar-refractivity contribution in [1.82, 2.24) is 4.98 Å². The minimum absolute atomic E-state index is 0.958. The molecule has 0 aromatic carbocycles. The molecule has 0 unspecified atom stereocenters. The quantitative estimate of drug-likeness (QED) is 0.719. The fourth-order valence-corrected chi connectivity index (χ4v) is 2.20. The fraction of sp³-hybridized carbons (Fsp3) is 0.500. The molecule has 1 aliphatic heterocycles. The Morgan fingerprint density at radius 3 is 2.80 bits per heavy atom. The monoisotopic (exact) mass is 218 g/mol. The molecule has 0 N–H and O–H groups in total. The van der Waals surface area contributed by atoms with E-state index in [1.807, 2.05) is 5.38 Å². The molecule has 1 aromatic rings. The molecule has 0 spiro atoms. The maximum atomic E-state index is 4.29. The molecule has 2 rings (SSSR count). The van der Waals surface area contributed by atoms with Gasteiger partial charge in [-0.15, -0.1) is 11.3 Å². The Morgan fingerprint density at radius 1 is 1.60 bits per heavy atom. The van der Waals surface area contributed by atoms with Gasteiger partial charge >= 0.3 is 0 Å². The first-order chi connectivity index (χ1) is 4.86. The average Bonchev–Trinajstić information content (AvgIpc) is 2.10. The van der Waals surface area contributed by atoms with Crippen molar-refractivity contribution in [2.45, 2.75) is 6.42 Å². The maximum absolute atomic E-state index is 4.29. The molecule has 1 aromatic heterocycles. The van der Waals surface area contributed by atoms with Crippen LogP contribution in [0.1, 0.15) is 6.42 Å². The van der Waals surface area contributed by atoms with Gasteiger partial charge in [0.05, 0.1) is 0 Å². The molecule has 0 bridgehead atoms. The fourth-order valence-electron chi connectivity index (χ4n) is 0.898. The second kappa shape index (κ2) is 2.51. The van der Waals surface area contributed by atoms with Crippen LogP contribution in [0.3, 0.4) is 0 Å². The van der Waals surface area contributed by atoms with Crippen LogP contribution in [0.15, 0.2) is 9.98 Å². The van der Waals surface area contributed by atoms with E-state index in [0.29, 0.717) is 0 Å². The van der Waals surface area contributed by atoms with Gasteiger partial charge in [0.2, 0.25) is 0 Å². The van der Waals surface area contributed by atoms with Gasteiger partial charge in [0.1, 0.15) is 4.60 Å². The SMILES string of the molecule is Brc1csc(N2CCC2)n1. The summed E-state index contributed by atoms with van der Waals surface area (Å²) in [4.78, 5) is 6.58. The summed E-state index contributed by atoms with van der Waals surface area (Å²) in [5.41, 5.74) is 0. The summed E-state index contributed by atoms with van der Waals surface area (Å²) in [6.07, 6.45) is 1.32. The van der Waals surface area contributed by atoms with E-state index in [1.54, 1.807) is 11.3 Å². The molecule has 1 aliphatic rings. The van der Waals surface area contributed by atoms with E-state index in [9.17, 15) is 0 Å². The summed E-state index contributed by atoms with van der Waals surface area (Å²) >= 11 is 5.03. The van der Waals surface area contributed by atoms with Gasteiger partial charge in [0, 0.05) is 18.5 Å². The van der Waals surface area contributed by atoms with Crippen molar-refractivity contribution < 1.29 is 0 Å². The van der Waals surface area contributed by atoms with E-state index >= 15 is 0 Å². The third-order valence-corrected chi connectivity index (χ3v) is 3.20. The molecular formula is C6H7BrN2S. The van der Waals surface area contributed by atoms with E-state index in [0.717, 1.165) is 9.73 Å². The molecule has 1 saturated heterocycles. The second-order valence-corrected chi connectivity index (χ2v) is 3.94. The predicted octanol–water partition coefficient (Wildman–Crippen LogP) is 2.12. The number of halogens is 1. The molecule has 0 amide bonds. The van der Waals surface area contributed by atoms with Gasteiger partial charge in [-0.1, -0.05) is 0 Å². The topological polar surface area (TPSA) is 16.1 Å². The van der Waals surface area contributed by atoms with Crippen molar-refractivity contribution >= 4 is 32.4 Å². The summed E-state index contributed by atoms with van der Waals surface area (Å²) in [5.74, 6) is 0. The standard InChI is InChI=1S/C6H7BrN2S/c7-5-4-10-6(8-5)9-2-1-3-9/h4H,1-3H2. The highest BCUT2D eigenvalue weighted by atomic mass is 79.9. The first-order valence-electron chi connectivity index (χ1n) is 3.22. The van der Waals surface area contributed by atoms with Crippen LogP contribution in [0.2, 0.25) is 0 Å². The number of aromatic nitrogens is 1. The van der Waals surface area contributed by atoms with Crippen LogP contribution in [-0.2, 0) is 0 Å². The zero-order valence-electron chi connectivity index (χ0n) is 5.38. The normalized spacial score (nSPS) is 17.1. The van der Waals surface area contributed by atoms with Gasteiger partial charge in [-0.05, 0) is 22.4 Å². The largest absolute Gasteiger partial charge is 0.348 e. The Labute approximate surface area is 72.0 Å². The zero-order valence-corrected chi connectivity index (χ0v) is 7.78. The Morgan fingerprint density at radius 2 is 2.40 bits per heavy atom. The molecule has 4 heteroatoms. The van der Waals surface area contributed by atoms with Crippen molar-refractivity contribution in [1.29, 1.82) is 0 Å². The lowest BCUT2D eigenvalue weighted by atomic mass is 10.2. The molecule has 0 saturated carbocycles. The van der Waals surface area contributed by atoms with Crippen LogP contribution in [0.5, 0.6) is 0 Å². The van der Waals surface area contributed by atoms with Crippen LogP contribution < -0.4 is 4.90 Å². The Kier molecular flexibility index (Phi) is 1.66. The van der Waals surface area contributed by atoms with E-state index in [2.05, 4.69) is 25.8 Å². The average molecular weight is 219 g/mol. The molecule has 0 aliphatic carbocycles. The molecule has 2 nitrogen and oxygen atoms in total. The van der Waals surface area contributed by atoms with Crippen molar-refractivity contribution in [3.8, 4) is 0 Å². The van der Waals surface area contributed by atoms with Crippen LogP contribution >= 0.6 is 27.3 Å². The number of hydrogen-bond donors (Lipinski definition) is 0. The first-order valence-corrected chi connectivity index (χ1v) is 4.89. The minimum atomic E-state index is 0.958. The highest BCUT2D eigenvalue weighted by Gasteiger charge is 2.16. The van der Waals surface area contributed by atoms with Gasteiger partial charge in [-0.3, -0.25) is 0 Å². The van der Waals surface area contributed by atoms with Gasteiger partial charge in [0.25, 0.3) is 0 Å². The van der Waals surface area contributed by atoms with E-state index < -0.39 is 0 Å². The number of hydrogen-bond acceptors (Lipinski definition) is 3. The summed E-state index contributed by atoms with van der Waals surface area (Å²) in [6.45, 7) is 2.36. The highest BCUT2D eigenvalue weighted by Crippen LogP contribution is 2.26. The summed E-state index contributed by atoms with van der Waals surface area (Å²) in [7, 11) is 0. The summed E-state index contributed by atoms with van der Waals surface area (Å²) in [5, 5.41) is 3.17. The summed E-state index contributed by atoms with van der Waals surface area (Å²) < 4.78 is 0.958. The first kappa shape index (κ1) is 6.61. The highest BCUT2D eigenvalue weighted by molar-refractivity contribution is 9.10. The minimum Gasteiger partial charge on any atom is -0.348 e. The zero-order chi connectivity index (χ0) is 6.97. The van der Waals surface area contributed by atoms with Gasteiger partial charge in [-0.25, -0.2) is 4.98 Å². The van der Waals surface area contributed by atoms with Crippen molar-refractivity contribution in [2.24, 2.45) is 0 Å². The van der Waals surface area contributed by atoms with Gasteiger partial charge in [-0.2, -0.15) is 0 Å². The lowest BCUT2D eigenvalue weighted by Crippen LogP contribution is -2.36. The second-order valence-electron chi connectivity index (χ2n) is 2.29. The summed E-state index contributed by atoms with van der Waals surface area (Å²) in [6, 6.07) is 0. The molecule has 54 valence electrons. The lowest BCUT2D eigenvalue weighted by Gasteiger charge is -2.30. The number of anilines is 1. The molecule has 0 atom stereocenters. The van der Waals surface area contributed by atoms with Crippen molar-refractivity contribution in [2.75, 3.05) is 18.0 Å². The van der Waals surface area contributed by atoms with Crippen molar-refractivity contribution in [3.05, 3.63) is 9.98 Å². The predicted molar refractivity (Wildman–Crippen MR) is 46.6 cm³/mol. The van der Waals surface area contributed by atoms with Gasteiger partial charge < -0.3 is 4.90 Å². The Bertz CT molecular complexity index is 231. The molecular weight excluding hydrogens is 212 g/mol. The van der Waals surface area contributed by atoms with Crippen LogP contribution in [0.25, 0.3) is 0 Å². The van der Waals surface area contributed by atoms with E-state index in [4.69, 9.17) is 0 Å². The van der Waals surface area contributed by atoms with E-state index in [-0.39, 0.29) is 0 Å². The molecule has 2 heterocycles. The van der Waals surface area contributed by atoms with Crippen LogP contribution in [0.4, 0.5) is 5.13 Å². The molecule has 10 heavy (non-hydrogen) atoms. The lowest BCUT2D eigenvalue weighted by molar-refractivity contribution is 0.615. The molecule has 0 radical (unpaired) electrons. The molecule has 1 fully saturated rings. The smallest absolute Gasteiger partial charge is 0.186 e. The Hall–Kier alpha value is -0.0900. The number of rotatable bonds is 1. The van der Waals surface area contributed by atoms with Gasteiger partial charge in [0.15, 0.2) is 5.13 Å². The van der Waals surface area contributed by atoms with Crippen LogP contribution in [-0.4, -0.2) is 18.1 Å². The number of thiazole rings is 1. The third kappa shape index (κ3) is 1.06. The maximum Gasteiger partial charge on any atom is 0.186 e. The van der Waals surface area contributed by atoms with Crippen molar-refractivity contribution in [3.63, 3.8) is 0 Å². The Balaban J connectivity index is 2.17. The van der Waals surface area contributed by atoms with Crippen LogP contribution in [0, 0.1) is 0 Å².